The van der Waals surface area contributed by atoms with Crippen LogP contribution in [0.5, 0.6) is 0 Å². The number of aromatic nitrogens is 1. The second kappa shape index (κ2) is 4.72. The van der Waals surface area contributed by atoms with Crippen molar-refractivity contribution >= 4 is 33.4 Å². The van der Waals surface area contributed by atoms with Gasteiger partial charge >= 0.3 is 5.97 Å². The summed E-state index contributed by atoms with van der Waals surface area (Å²) in [4.78, 5) is 27.3. The summed E-state index contributed by atoms with van der Waals surface area (Å²) in [6, 6.07) is 7.10. The van der Waals surface area contributed by atoms with Crippen molar-refractivity contribution in [1.29, 1.82) is 0 Å². The lowest BCUT2D eigenvalue weighted by molar-refractivity contribution is -0.138. The van der Waals surface area contributed by atoms with Gasteiger partial charge in [0, 0.05) is 5.92 Å². The largest absolute Gasteiger partial charge is 0.481 e. The molecule has 1 aliphatic rings. The normalized spacial score (nSPS) is 24.3. The Morgan fingerprint density at radius 3 is 2.75 bits per heavy atom. The Kier molecular flexibility index (Phi) is 3.02. The van der Waals surface area contributed by atoms with Gasteiger partial charge in [0.05, 0.1) is 22.2 Å². The monoisotopic (exact) mass is 288 g/mol. The standard InChI is InChI=1S/C14H12N2O3S/c1-2-7-10(14(18)19)11(7)16-12(17)13-15-8-5-3-4-6-9(8)20-13/h2-7,10-11H,1H2,(H,16,17)(H,18,19). The number of aliphatic carboxylic acids is 1. The maximum atomic E-state index is 12.1. The van der Waals surface area contributed by atoms with E-state index in [-0.39, 0.29) is 17.9 Å². The third kappa shape index (κ3) is 2.08. The molecule has 1 aromatic heterocycles. The fourth-order valence-electron chi connectivity index (χ4n) is 2.31. The van der Waals surface area contributed by atoms with E-state index in [4.69, 9.17) is 5.11 Å². The Balaban J connectivity index is 1.77. The molecule has 1 aliphatic carbocycles. The smallest absolute Gasteiger partial charge is 0.309 e. The van der Waals surface area contributed by atoms with Crippen molar-refractivity contribution in [1.82, 2.24) is 10.3 Å². The van der Waals surface area contributed by atoms with Crippen LogP contribution in [0.25, 0.3) is 10.2 Å². The molecule has 5 nitrogen and oxygen atoms in total. The summed E-state index contributed by atoms with van der Waals surface area (Å²) in [5.74, 6) is -2.02. The average molecular weight is 288 g/mol. The molecule has 3 atom stereocenters. The minimum Gasteiger partial charge on any atom is -0.481 e. The lowest BCUT2D eigenvalue weighted by Gasteiger charge is -1.99. The van der Waals surface area contributed by atoms with E-state index in [9.17, 15) is 9.59 Å². The molecule has 2 N–H and O–H groups in total. The summed E-state index contributed by atoms with van der Waals surface area (Å²) < 4.78 is 0.934. The van der Waals surface area contributed by atoms with Crippen LogP contribution in [0, 0.1) is 11.8 Å². The summed E-state index contributed by atoms with van der Waals surface area (Å²) >= 11 is 1.30. The van der Waals surface area contributed by atoms with E-state index in [0.717, 1.165) is 10.2 Å². The third-order valence-corrected chi connectivity index (χ3v) is 4.45. The number of carboxylic acid groups (broad SMARTS) is 1. The summed E-state index contributed by atoms with van der Waals surface area (Å²) in [7, 11) is 0. The summed E-state index contributed by atoms with van der Waals surface area (Å²) in [5, 5.41) is 12.1. The molecule has 0 aliphatic heterocycles. The average Bonchev–Trinajstić information content (AvgIpc) is 2.95. The molecule has 1 aromatic carbocycles. The molecule has 0 radical (unpaired) electrons. The number of hydrogen-bond donors (Lipinski definition) is 2. The molecule has 102 valence electrons. The molecule has 0 spiro atoms. The van der Waals surface area contributed by atoms with Crippen molar-refractivity contribution in [2.45, 2.75) is 6.04 Å². The van der Waals surface area contributed by atoms with Gasteiger partial charge < -0.3 is 10.4 Å². The van der Waals surface area contributed by atoms with Gasteiger partial charge in [0.25, 0.3) is 5.91 Å². The molecule has 20 heavy (non-hydrogen) atoms. The number of amides is 1. The zero-order chi connectivity index (χ0) is 14.3. The predicted octanol–water partition coefficient (Wildman–Crippen LogP) is 1.91. The zero-order valence-corrected chi connectivity index (χ0v) is 11.3. The summed E-state index contributed by atoms with van der Waals surface area (Å²) in [6.45, 7) is 3.59. The first kappa shape index (κ1) is 12.8. The van der Waals surface area contributed by atoms with Crippen LogP contribution in [0.15, 0.2) is 36.9 Å². The van der Waals surface area contributed by atoms with Crippen LogP contribution in [0.1, 0.15) is 9.80 Å². The lowest BCUT2D eigenvalue weighted by atomic mass is 10.3. The molecular formula is C14H12N2O3S. The highest BCUT2D eigenvalue weighted by Gasteiger charge is 2.54. The van der Waals surface area contributed by atoms with Gasteiger partial charge in [0.15, 0.2) is 5.01 Å². The first-order valence-corrected chi connectivity index (χ1v) is 6.95. The number of rotatable bonds is 4. The number of nitrogens with zero attached hydrogens (tertiary/aromatic N) is 1. The fourth-order valence-corrected chi connectivity index (χ4v) is 3.18. The van der Waals surface area contributed by atoms with Crippen molar-refractivity contribution in [2.75, 3.05) is 0 Å². The topological polar surface area (TPSA) is 79.3 Å². The van der Waals surface area contributed by atoms with E-state index in [2.05, 4.69) is 16.9 Å². The summed E-state index contributed by atoms with van der Waals surface area (Å²) in [6.07, 6.45) is 1.57. The van der Waals surface area contributed by atoms with Crippen LogP contribution in [0.2, 0.25) is 0 Å². The highest BCUT2D eigenvalue weighted by Crippen LogP contribution is 2.40. The van der Waals surface area contributed by atoms with Gasteiger partial charge in [0.1, 0.15) is 0 Å². The first-order chi connectivity index (χ1) is 9.61. The maximum absolute atomic E-state index is 12.1. The number of hydrogen-bond acceptors (Lipinski definition) is 4. The predicted molar refractivity (Wildman–Crippen MR) is 75.7 cm³/mol. The SMILES string of the molecule is C=CC1C(NC(=O)c2nc3ccccc3s2)C1C(=O)O. The third-order valence-electron chi connectivity index (χ3n) is 3.42. The van der Waals surface area contributed by atoms with E-state index in [1.54, 1.807) is 6.08 Å². The van der Waals surface area contributed by atoms with Crippen LogP contribution in [0.4, 0.5) is 0 Å². The van der Waals surface area contributed by atoms with Gasteiger partial charge in [0.2, 0.25) is 0 Å². The van der Waals surface area contributed by atoms with Crippen molar-refractivity contribution in [3.63, 3.8) is 0 Å². The molecule has 0 bridgehead atoms. The molecule has 1 saturated carbocycles. The minimum atomic E-state index is -0.913. The second-order valence-electron chi connectivity index (χ2n) is 4.66. The number of carbonyl (C=O) groups is 2. The Morgan fingerprint density at radius 1 is 1.40 bits per heavy atom. The molecular weight excluding hydrogens is 276 g/mol. The van der Waals surface area contributed by atoms with Crippen LogP contribution < -0.4 is 5.32 Å². The van der Waals surface area contributed by atoms with Crippen molar-refractivity contribution < 1.29 is 14.7 Å². The number of carbonyl (C=O) groups excluding carboxylic acids is 1. The highest BCUT2D eigenvalue weighted by molar-refractivity contribution is 7.20. The number of fused-ring (bicyclic) bond motifs is 1. The molecule has 1 heterocycles. The van der Waals surface area contributed by atoms with Crippen molar-refractivity contribution in [3.8, 4) is 0 Å². The quantitative estimate of drug-likeness (QED) is 0.842. The molecule has 3 rings (SSSR count). The van der Waals surface area contributed by atoms with Crippen molar-refractivity contribution in [3.05, 3.63) is 41.9 Å². The fraction of sp³-hybridized carbons (Fsp3) is 0.214. The lowest BCUT2D eigenvalue weighted by Crippen LogP contribution is -2.28. The van der Waals surface area contributed by atoms with E-state index in [1.807, 2.05) is 24.3 Å². The summed E-state index contributed by atoms with van der Waals surface area (Å²) in [5.41, 5.74) is 0.772. The van der Waals surface area contributed by atoms with Crippen LogP contribution in [-0.4, -0.2) is 28.0 Å². The van der Waals surface area contributed by atoms with Crippen LogP contribution in [0.3, 0.4) is 0 Å². The highest BCUT2D eigenvalue weighted by atomic mass is 32.1. The van der Waals surface area contributed by atoms with Gasteiger partial charge in [-0.3, -0.25) is 9.59 Å². The van der Waals surface area contributed by atoms with Crippen molar-refractivity contribution in [2.24, 2.45) is 11.8 Å². The molecule has 2 aromatic rings. The molecule has 1 fully saturated rings. The number of nitrogens with one attached hydrogen (secondary N) is 1. The Bertz CT molecular complexity index is 676. The molecule has 1 amide bonds. The Labute approximate surface area is 118 Å². The zero-order valence-electron chi connectivity index (χ0n) is 10.4. The minimum absolute atomic E-state index is 0.203. The second-order valence-corrected chi connectivity index (χ2v) is 5.69. The first-order valence-electron chi connectivity index (χ1n) is 6.13. The van der Waals surface area contributed by atoms with E-state index in [0.29, 0.717) is 5.01 Å². The van der Waals surface area contributed by atoms with E-state index < -0.39 is 11.9 Å². The molecule has 3 unspecified atom stereocenters. The number of para-hydroxylation sites is 1. The van der Waals surface area contributed by atoms with Gasteiger partial charge in [-0.05, 0) is 12.1 Å². The van der Waals surface area contributed by atoms with E-state index in [1.165, 1.54) is 11.3 Å². The number of thiazole rings is 1. The van der Waals surface area contributed by atoms with Crippen LogP contribution in [-0.2, 0) is 4.79 Å². The number of carboxylic acids is 1. The van der Waals surface area contributed by atoms with Gasteiger partial charge in [-0.2, -0.15) is 0 Å². The Hall–Kier alpha value is -2.21. The molecule has 6 heteroatoms. The number of benzene rings is 1. The van der Waals surface area contributed by atoms with Crippen LogP contribution >= 0.6 is 11.3 Å². The Morgan fingerprint density at radius 2 is 2.15 bits per heavy atom. The van der Waals surface area contributed by atoms with Gasteiger partial charge in [-0.15, -0.1) is 17.9 Å². The maximum Gasteiger partial charge on any atom is 0.309 e. The molecule has 0 saturated heterocycles. The van der Waals surface area contributed by atoms with Gasteiger partial charge in [-0.1, -0.05) is 18.2 Å². The van der Waals surface area contributed by atoms with Gasteiger partial charge in [-0.25, -0.2) is 4.98 Å². The van der Waals surface area contributed by atoms with E-state index >= 15 is 0 Å².